The van der Waals surface area contributed by atoms with E-state index in [0.29, 0.717) is 0 Å². The molecule has 5 nitrogen and oxygen atoms in total. The van der Waals surface area contributed by atoms with Crippen LogP contribution in [0.1, 0.15) is 37.9 Å². The van der Waals surface area contributed by atoms with Gasteiger partial charge >= 0.3 is 0 Å². The van der Waals surface area contributed by atoms with Gasteiger partial charge in [0.15, 0.2) is 0 Å². The number of ether oxygens (including phenoxy) is 1. The highest BCUT2D eigenvalue weighted by molar-refractivity contribution is 5.15. The third kappa shape index (κ3) is 4.19. The third-order valence-electron chi connectivity index (χ3n) is 3.71. The van der Waals surface area contributed by atoms with E-state index in [1.807, 2.05) is 36.1 Å². The van der Waals surface area contributed by atoms with Crippen LogP contribution in [-0.4, -0.2) is 29.8 Å². The Morgan fingerprint density at radius 3 is 2.86 bits per heavy atom. The van der Waals surface area contributed by atoms with Crippen molar-refractivity contribution in [1.82, 2.24) is 14.9 Å². The molecule has 0 radical (unpaired) electrons. The largest absolute Gasteiger partial charge is 0.467 e. The number of hydrogen-bond acceptors (Lipinski definition) is 4. The maximum absolute atomic E-state index is 5.58. The zero-order valence-electron chi connectivity index (χ0n) is 13.3. The number of nitrogens with zero attached hydrogens (tertiary/aromatic N) is 2. The van der Waals surface area contributed by atoms with Crippen LogP contribution in [0.4, 0.5) is 0 Å². The predicted octanol–water partition coefficient (Wildman–Crippen LogP) is 2.75. The van der Waals surface area contributed by atoms with Crippen LogP contribution in [0.3, 0.4) is 0 Å². The van der Waals surface area contributed by atoms with Crippen LogP contribution in [0.2, 0.25) is 0 Å². The summed E-state index contributed by atoms with van der Waals surface area (Å²) in [5, 5.41) is 3.58. The van der Waals surface area contributed by atoms with Gasteiger partial charge in [-0.15, -0.1) is 0 Å². The van der Waals surface area contributed by atoms with Crippen molar-refractivity contribution in [3.05, 3.63) is 42.4 Å². The van der Waals surface area contributed by atoms with E-state index in [0.717, 1.165) is 31.2 Å². The number of rotatable bonds is 8. The van der Waals surface area contributed by atoms with Gasteiger partial charge in [-0.2, -0.15) is 0 Å². The van der Waals surface area contributed by atoms with Crippen molar-refractivity contribution in [1.29, 1.82) is 0 Å². The molecule has 0 spiro atoms. The standard InChI is InChI=1S/C16H25N3O2/c1-16(2,7-11-20-4)12-18-14(13-6-5-10-21-13)15-17-8-9-19(15)3/h5-6,8-10,14,18H,7,11-12H2,1-4H3. The molecule has 0 amide bonds. The molecule has 0 aromatic carbocycles. The first kappa shape index (κ1) is 15.8. The van der Waals surface area contributed by atoms with E-state index in [4.69, 9.17) is 9.15 Å². The van der Waals surface area contributed by atoms with Crippen LogP contribution in [-0.2, 0) is 11.8 Å². The van der Waals surface area contributed by atoms with Crippen molar-refractivity contribution in [2.45, 2.75) is 26.3 Å². The van der Waals surface area contributed by atoms with Gasteiger partial charge in [-0.25, -0.2) is 4.98 Å². The van der Waals surface area contributed by atoms with E-state index in [2.05, 4.69) is 24.1 Å². The number of furan rings is 1. The van der Waals surface area contributed by atoms with Crippen LogP contribution >= 0.6 is 0 Å². The van der Waals surface area contributed by atoms with Gasteiger partial charge in [-0.1, -0.05) is 13.8 Å². The lowest BCUT2D eigenvalue weighted by Gasteiger charge is -2.27. The molecule has 2 heterocycles. The molecule has 21 heavy (non-hydrogen) atoms. The molecule has 0 fully saturated rings. The van der Waals surface area contributed by atoms with Crippen LogP contribution in [0.5, 0.6) is 0 Å². The number of aromatic nitrogens is 2. The SMILES string of the molecule is COCCC(C)(C)CNC(c1ccco1)c1nccn1C. The second-order valence-corrected chi connectivity index (χ2v) is 6.13. The van der Waals surface area contributed by atoms with Crippen molar-refractivity contribution in [2.75, 3.05) is 20.3 Å². The topological polar surface area (TPSA) is 52.2 Å². The average Bonchev–Trinajstić information content (AvgIpc) is 3.10. The zero-order chi connectivity index (χ0) is 15.3. The van der Waals surface area contributed by atoms with Gasteiger partial charge < -0.3 is 19.0 Å². The summed E-state index contributed by atoms with van der Waals surface area (Å²) in [6.07, 6.45) is 6.46. The lowest BCUT2D eigenvalue weighted by Crippen LogP contribution is -2.34. The Morgan fingerprint density at radius 2 is 2.29 bits per heavy atom. The van der Waals surface area contributed by atoms with Gasteiger partial charge in [0.2, 0.25) is 0 Å². The van der Waals surface area contributed by atoms with Crippen LogP contribution in [0.25, 0.3) is 0 Å². The molecule has 0 bridgehead atoms. The minimum Gasteiger partial charge on any atom is -0.467 e. The molecule has 1 N–H and O–H groups in total. The molecule has 0 aliphatic carbocycles. The Hall–Kier alpha value is -1.59. The molecule has 0 saturated heterocycles. The highest BCUT2D eigenvalue weighted by Gasteiger charge is 2.24. The molecule has 116 valence electrons. The Kier molecular flexibility index (Phi) is 5.20. The highest BCUT2D eigenvalue weighted by atomic mass is 16.5. The molecule has 2 rings (SSSR count). The Morgan fingerprint density at radius 1 is 1.48 bits per heavy atom. The maximum Gasteiger partial charge on any atom is 0.133 e. The van der Waals surface area contributed by atoms with E-state index in [1.54, 1.807) is 13.4 Å². The first-order valence-corrected chi connectivity index (χ1v) is 7.26. The fourth-order valence-electron chi connectivity index (χ4n) is 2.28. The van der Waals surface area contributed by atoms with Gasteiger partial charge in [0.1, 0.15) is 17.6 Å². The van der Waals surface area contributed by atoms with Crippen LogP contribution in [0.15, 0.2) is 35.2 Å². The minimum atomic E-state index is -0.0400. The maximum atomic E-state index is 5.58. The summed E-state index contributed by atoms with van der Waals surface area (Å²) in [5.41, 5.74) is 0.145. The number of nitrogens with one attached hydrogen (secondary N) is 1. The first-order chi connectivity index (χ1) is 10.0. The van der Waals surface area contributed by atoms with Crippen molar-refractivity contribution in [2.24, 2.45) is 12.5 Å². The van der Waals surface area contributed by atoms with Gasteiger partial charge in [-0.3, -0.25) is 0 Å². The van der Waals surface area contributed by atoms with E-state index < -0.39 is 0 Å². The Balaban J connectivity index is 2.09. The van der Waals surface area contributed by atoms with Gasteiger partial charge in [0.25, 0.3) is 0 Å². The number of methoxy groups -OCH3 is 1. The van der Waals surface area contributed by atoms with Crippen molar-refractivity contribution < 1.29 is 9.15 Å². The fraction of sp³-hybridized carbons (Fsp3) is 0.562. The van der Waals surface area contributed by atoms with Gasteiger partial charge in [0.05, 0.1) is 6.26 Å². The van der Waals surface area contributed by atoms with E-state index >= 15 is 0 Å². The van der Waals surface area contributed by atoms with Gasteiger partial charge in [-0.05, 0) is 24.0 Å². The normalized spacial score (nSPS) is 13.5. The third-order valence-corrected chi connectivity index (χ3v) is 3.71. The lowest BCUT2D eigenvalue weighted by molar-refractivity contribution is 0.149. The molecule has 5 heteroatoms. The van der Waals surface area contributed by atoms with E-state index in [-0.39, 0.29) is 11.5 Å². The molecular weight excluding hydrogens is 266 g/mol. The Labute approximate surface area is 126 Å². The van der Waals surface area contributed by atoms with Crippen molar-refractivity contribution in [3.8, 4) is 0 Å². The summed E-state index contributed by atoms with van der Waals surface area (Å²) < 4.78 is 12.8. The summed E-state index contributed by atoms with van der Waals surface area (Å²) in [4.78, 5) is 4.45. The quantitative estimate of drug-likeness (QED) is 0.812. The molecule has 0 aliphatic rings. The molecule has 1 unspecified atom stereocenters. The summed E-state index contributed by atoms with van der Waals surface area (Å²) in [6, 6.07) is 3.85. The van der Waals surface area contributed by atoms with E-state index in [9.17, 15) is 0 Å². The second-order valence-electron chi connectivity index (χ2n) is 6.13. The van der Waals surface area contributed by atoms with E-state index in [1.165, 1.54) is 0 Å². The molecular formula is C16H25N3O2. The smallest absolute Gasteiger partial charge is 0.133 e. The fourth-order valence-corrected chi connectivity index (χ4v) is 2.28. The molecule has 0 aliphatic heterocycles. The highest BCUT2D eigenvalue weighted by Crippen LogP contribution is 2.24. The predicted molar refractivity (Wildman–Crippen MR) is 82.0 cm³/mol. The molecule has 1 atom stereocenters. The first-order valence-electron chi connectivity index (χ1n) is 7.26. The monoisotopic (exact) mass is 291 g/mol. The molecule has 0 saturated carbocycles. The molecule has 2 aromatic heterocycles. The van der Waals surface area contributed by atoms with Crippen molar-refractivity contribution in [3.63, 3.8) is 0 Å². The Bertz CT molecular complexity index is 531. The lowest BCUT2D eigenvalue weighted by atomic mass is 9.89. The van der Waals surface area contributed by atoms with Gasteiger partial charge in [0, 0.05) is 39.7 Å². The average molecular weight is 291 g/mol. The minimum absolute atomic E-state index is 0.0400. The number of aryl methyl sites for hydroxylation is 1. The van der Waals surface area contributed by atoms with Crippen LogP contribution < -0.4 is 5.32 Å². The van der Waals surface area contributed by atoms with Crippen molar-refractivity contribution >= 4 is 0 Å². The van der Waals surface area contributed by atoms with Crippen LogP contribution in [0, 0.1) is 5.41 Å². The summed E-state index contributed by atoms with van der Waals surface area (Å²) in [7, 11) is 3.74. The molecule has 2 aromatic rings. The number of hydrogen-bond donors (Lipinski definition) is 1. The summed E-state index contributed by atoms with van der Waals surface area (Å²) in [5.74, 6) is 1.83. The second kappa shape index (κ2) is 6.91. The summed E-state index contributed by atoms with van der Waals surface area (Å²) in [6.45, 7) is 6.09. The zero-order valence-corrected chi connectivity index (χ0v) is 13.3. The number of imidazole rings is 1. The summed E-state index contributed by atoms with van der Waals surface area (Å²) >= 11 is 0.